The number of ether oxygens (including phenoxy) is 1. The van der Waals surface area contributed by atoms with Crippen LogP contribution in [-0.4, -0.2) is 7.11 Å². The van der Waals surface area contributed by atoms with E-state index in [1.54, 1.807) is 7.11 Å². The van der Waals surface area contributed by atoms with Crippen LogP contribution in [0.5, 0.6) is 5.75 Å². The first-order chi connectivity index (χ1) is 14.2. The lowest BCUT2D eigenvalue weighted by atomic mass is 9.65. The lowest BCUT2D eigenvalue weighted by Gasteiger charge is -2.37. The maximum Gasteiger partial charge on any atom is 0.143 e. The molecule has 0 aliphatic heterocycles. The van der Waals surface area contributed by atoms with Gasteiger partial charge in [-0.05, 0) is 57.0 Å². The molecule has 0 atom stereocenters. The maximum absolute atomic E-state index is 6.29. The van der Waals surface area contributed by atoms with E-state index in [4.69, 9.17) is 10.5 Å². The number of halogens is 1. The lowest BCUT2D eigenvalue weighted by Crippen LogP contribution is -2.31. The molecular weight excluding hydrogens is 469 g/mol. The summed E-state index contributed by atoms with van der Waals surface area (Å²) in [6.45, 7) is 0. The molecule has 0 heterocycles. The molecule has 0 aromatic heterocycles. The summed E-state index contributed by atoms with van der Waals surface area (Å²) >= 11 is 2.29. The van der Waals surface area contributed by atoms with Crippen molar-refractivity contribution < 1.29 is 4.74 Å². The van der Waals surface area contributed by atoms with Crippen LogP contribution in [0.3, 0.4) is 0 Å². The highest BCUT2D eigenvalue weighted by atomic mass is 127. The highest BCUT2D eigenvalue weighted by Crippen LogP contribution is 2.47. The molecule has 0 unspecified atom stereocenters. The van der Waals surface area contributed by atoms with Gasteiger partial charge in [0.25, 0.3) is 0 Å². The molecule has 0 aliphatic carbocycles. The van der Waals surface area contributed by atoms with Crippen LogP contribution in [0.2, 0.25) is 0 Å². The average Bonchev–Trinajstić information content (AvgIpc) is 2.79. The van der Waals surface area contributed by atoms with Crippen molar-refractivity contribution in [3.05, 3.63) is 129 Å². The molecule has 0 saturated heterocycles. The number of hydrogen-bond acceptors (Lipinski definition) is 2. The minimum Gasteiger partial charge on any atom is -0.495 e. The minimum atomic E-state index is -0.495. The molecule has 0 bridgehead atoms. The van der Waals surface area contributed by atoms with Crippen molar-refractivity contribution in [1.82, 2.24) is 0 Å². The van der Waals surface area contributed by atoms with Crippen LogP contribution in [-0.2, 0) is 5.41 Å². The molecule has 144 valence electrons. The fourth-order valence-corrected chi connectivity index (χ4v) is 4.64. The molecule has 0 radical (unpaired) electrons. The zero-order valence-electron chi connectivity index (χ0n) is 16.2. The van der Waals surface area contributed by atoms with Gasteiger partial charge in [-0.25, -0.2) is 0 Å². The summed E-state index contributed by atoms with van der Waals surface area (Å²) in [6, 6.07) is 36.1. The maximum atomic E-state index is 6.29. The quantitative estimate of drug-likeness (QED) is 0.203. The lowest BCUT2D eigenvalue weighted by molar-refractivity contribution is 0.415. The van der Waals surface area contributed by atoms with Crippen molar-refractivity contribution in [2.24, 2.45) is 0 Å². The van der Waals surface area contributed by atoms with Crippen molar-refractivity contribution in [2.75, 3.05) is 12.8 Å². The summed E-state index contributed by atoms with van der Waals surface area (Å²) in [5.74, 6) is 0.694. The summed E-state index contributed by atoms with van der Waals surface area (Å²) in [5, 5.41) is 0. The fourth-order valence-electron chi connectivity index (χ4n) is 4.04. The van der Waals surface area contributed by atoms with E-state index in [2.05, 4.69) is 126 Å². The van der Waals surface area contributed by atoms with Crippen LogP contribution in [0.25, 0.3) is 0 Å². The van der Waals surface area contributed by atoms with Crippen LogP contribution in [0.15, 0.2) is 103 Å². The average molecular weight is 491 g/mol. The van der Waals surface area contributed by atoms with E-state index in [1.807, 2.05) is 0 Å². The molecule has 0 spiro atoms. The van der Waals surface area contributed by atoms with Gasteiger partial charge in [0.05, 0.1) is 18.2 Å². The Hall–Kier alpha value is -2.79. The van der Waals surface area contributed by atoms with Gasteiger partial charge in [0.1, 0.15) is 5.75 Å². The SMILES string of the molecule is COc1cc(C(c2ccccc2)(c2ccccc2)c2ccccc2)cc(I)c1N. The second-order valence-corrected chi connectivity index (χ2v) is 8.08. The summed E-state index contributed by atoms with van der Waals surface area (Å²) in [7, 11) is 1.67. The number of methoxy groups -OCH3 is 1. The summed E-state index contributed by atoms with van der Waals surface area (Å²) in [6.07, 6.45) is 0. The number of rotatable bonds is 5. The van der Waals surface area contributed by atoms with Gasteiger partial charge in [-0.3, -0.25) is 0 Å². The highest BCUT2D eigenvalue weighted by molar-refractivity contribution is 14.1. The first-order valence-electron chi connectivity index (χ1n) is 9.48. The summed E-state index contributed by atoms with van der Waals surface area (Å²) < 4.78 is 6.62. The van der Waals surface area contributed by atoms with Gasteiger partial charge < -0.3 is 10.5 Å². The predicted octanol–water partition coefficient (Wildman–Crippen LogP) is 6.26. The highest BCUT2D eigenvalue weighted by Gasteiger charge is 2.39. The van der Waals surface area contributed by atoms with E-state index in [-0.39, 0.29) is 0 Å². The van der Waals surface area contributed by atoms with Gasteiger partial charge in [0, 0.05) is 3.57 Å². The van der Waals surface area contributed by atoms with Crippen molar-refractivity contribution in [1.29, 1.82) is 0 Å². The molecule has 4 aromatic rings. The van der Waals surface area contributed by atoms with Crippen LogP contribution in [0, 0.1) is 3.57 Å². The standard InChI is InChI=1S/C26H22INO/c1-29-24-18-22(17-23(27)25(24)28)26(19-11-5-2-6-12-19,20-13-7-3-8-14-20)21-15-9-4-10-16-21/h2-18H,28H2,1H3. The molecule has 4 aromatic carbocycles. The van der Waals surface area contributed by atoms with Gasteiger partial charge >= 0.3 is 0 Å². The van der Waals surface area contributed by atoms with Crippen molar-refractivity contribution in [3.8, 4) is 5.75 Å². The molecule has 3 heteroatoms. The van der Waals surface area contributed by atoms with Crippen LogP contribution < -0.4 is 10.5 Å². The Bertz CT molecular complexity index is 999. The fraction of sp³-hybridized carbons (Fsp3) is 0.0769. The van der Waals surface area contributed by atoms with Gasteiger partial charge in [0.2, 0.25) is 0 Å². The van der Waals surface area contributed by atoms with E-state index in [0.717, 1.165) is 9.13 Å². The molecule has 0 fully saturated rings. The third-order valence-electron chi connectivity index (χ3n) is 5.36. The van der Waals surface area contributed by atoms with E-state index in [1.165, 1.54) is 16.7 Å². The minimum absolute atomic E-state index is 0.495. The van der Waals surface area contributed by atoms with Gasteiger partial charge in [0.15, 0.2) is 0 Å². The number of hydrogen-bond donors (Lipinski definition) is 1. The topological polar surface area (TPSA) is 35.2 Å². The monoisotopic (exact) mass is 491 g/mol. The van der Waals surface area contributed by atoms with E-state index < -0.39 is 5.41 Å². The van der Waals surface area contributed by atoms with Crippen LogP contribution >= 0.6 is 22.6 Å². The molecule has 0 amide bonds. The van der Waals surface area contributed by atoms with E-state index >= 15 is 0 Å². The number of nitrogens with two attached hydrogens (primary N) is 1. The predicted molar refractivity (Wildman–Crippen MR) is 128 cm³/mol. The smallest absolute Gasteiger partial charge is 0.143 e. The zero-order valence-corrected chi connectivity index (χ0v) is 18.3. The van der Waals surface area contributed by atoms with Crippen LogP contribution in [0.1, 0.15) is 22.3 Å². The molecular formula is C26H22INO. The van der Waals surface area contributed by atoms with Crippen molar-refractivity contribution in [3.63, 3.8) is 0 Å². The Kier molecular flexibility index (Phi) is 5.58. The summed E-state index contributed by atoms with van der Waals surface area (Å²) in [4.78, 5) is 0. The van der Waals surface area contributed by atoms with Gasteiger partial charge in [-0.2, -0.15) is 0 Å². The molecule has 29 heavy (non-hydrogen) atoms. The normalized spacial score (nSPS) is 11.2. The zero-order chi connectivity index (χ0) is 20.3. The molecule has 0 saturated carbocycles. The molecule has 4 rings (SSSR count). The molecule has 2 nitrogen and oxygen atoms in total. The first kappa shape index (κ1) is 19.5. The van der Waals surface area contributed by atoms with E-state index in [0.29, 0.717) is 11.4 Å². The van der Waals surface area contributed by atoms with Crippen molar-refractivity contribution in [2.45, 2.75) is 5.41 Å². The Morgan fingerprint density at radius 2 is 1.07 bits per heavy atom. The Labute approximate surface area is 185 Å². The third-order valence-corrected chi connectivity index (χ3v) is 6.26. The summed E-state index contributed by atoms with van der Waals surface area (Å²) in [5.41, 5.74) is 11.2. The third kappa shape index (κ3) is 3.40. The molecule has 2 N–H and O–H groups in total. The largest absolute Gasteiger partial charge is 0.495 e. The Morgan fingerprint density at radius 1 is 0.655 bits per heavy atom. The van der Waals surface area contributed by atoms with E-state index in [9.17, 15) is 0 Å². The second kappa shape index (κ2) is 8.29. The molecule has 0 aliphatic rings. The Morgan fingerprint density at radius 3 is 1.45 bits per heavy atom. The number of anilines is 1. The number of benzene rings is 4. The first-order valence-corrected chi connectivity index (χ1v) is 10.6. The second-order valence-electron chi connectivity index (χ2n) is 6.92. The van der Waals surface area contributed by atoms with Crippen molar-refractivity contribution >= 4 is 28.3 Å². The van der Waals surface area contributed by atoms with Gasteiger partial charge in [-0.15, -0.1) is 0 Å². The number of nitrogen functional groups attached to an aromatic ring is 1. The van der Waals surface area contributed by atoms with Crippen LogP contribution in [0.4, 0.5) is 5.69 Å². The van der Waals surface area contributed by atoms with Gasteiger partial charge in [-0.1, -0.05) is 91.0 Å². The Balaban J connectivity index is 2.16.